The van der Waals surface area contributed by atoms with Crippen LogP contribution < -0.4 is 0 Å². The highest BCUT2D eigenvalue weighted by molar-refractivity contribution is 5.14. The van der Waals surface area contributed by atoms with E-state index in [-0.39, 0.29) is 0 Å². The molecule has 0 N–H and O–H groups in total. The Balaban J connectivity index is 1.30. The van der Waals surface area contributed by atoms with Gasteiger partial charge in [-0.15, -0.1) is 0 Å². The Morgan fingerprint density at radius 3 is 2.61 bits per heavy atom. The predicted molar refractivity (Wildman–Crippen MR) is 116 cm³/mol. The first-order valence-electron chi connectivity index (χ1n) is 12.3. The number of hydrogen-bond donors (Lipinski definition) is 0. The lowest BCUT2D eigenvalue weighted by Crippen LogP contribution is -2.46. The van der Waals surface area contributed by atoms with Crippen LogP contribution in [-0.2, 0) is 11.3 Å². The quantitative estimate of drug-likeness (QED) is 0.536. The molecule has 8 atom stereocenters. The molecule has 1 nitrogen and oxygen atoms in total. The average molecular weight is 381 g/mol. The molecule has 1 aromatic carbocycles. The summed E-state index contributed by atoms with van der Waals surface area (Å²) in [5, 5.41) is 0. The normalized spacial score (nSPS) is 45.6. The van der Waals surface area contributed by atoms with Crippen molar-refractivity contribution in [1.29, 1.82) is 0 Å². The lowest BCUT2D eigenvalue weighted by Gasteiger charge is -2.51. The third kappa shape index (κ3) is 3.36. The summed E-state index contributed by atoms with van der Waals surface area (Å²) in [5.74, 6) is 6.03. The zero-order chi connectivity index (χ0) is 19.1. The summed E-state index contributed by atoms with van der Waals surface area (Å²) in [7, 11) is 0. The second kappa shape index (κ2) is 7.78. The van der Waals surface area contributed by atoms with Crippen LogP contribution in [-0.4, -0.2) is 6.10 Å². The van der Waals surface area contributed by atoms with E-state index in [0.29, 0.717) is 11.5 Å². The Bertz CT molecular complexity index is 653. The first kappa shape index (κ1) is 19.2. The van der Waals surface area contributed by atoms with Gasteiger partial charge in [-0.2, -0.15) is 0 Å². The zero-order valence-corrected chi connectivity index (χ0v) is 18.1. The molecule has 0 amide bonds. The molecule has 1 aromatic rings. The second-order valence-corrected chi connectivity index (χ2v) is 11.1. The molecule has 1 heteroatoms. The third-order valence-electron chi connectivity index (χ3n) is 9.67. The molecule has 0 aliphatic heterocycles. The lowest BCUT2D eigenvalue weighted by molar-refractivity contribution is -0.0882. The fourth-order valence-electron chi connectivity index (χ4n) is 8.29. The van der Waals surface area contributed by atoms with Gasteiger partial charge in [0.2, 0.25) is 0 Å². The molecule has 154 valence electrons. The molecule has 4 fully saturated rings. The minimum atomic E-state index is 0.428. The van der Waals surface area contributed by atoms with Gasteiger partial charge in [0.25, 0.3) is 0 Å². The maximum atomic E-state index is 6.59. The molecular weight excluding hydrogens is 340 g/mol. The van der Waals surface area contributed by atoms with Gasteiger partial charge >= 0.3 is 0 Å². The Morgan fingerprint density at radius 2 is 1.75 bits per heavy atom. The van der Waals surface area contributed by atoms with Crippen LogP contribution in [0.3, 0.4) is 0 Å². The van der Waals surface area contributed by atoms with Gasteiger partial charge in [-0.3, -0.25) is 0 Å². The first-order chi connectivity index (χ1) is 13.6. The fourth-order valence-corrected chi connectivity index (χ4v) is 8.29. The number of fused-ring (bicyclic) bond motifs is 5. The topological polar surface area (TPSA) is 9.23 Å². The molecule has 4 aliphatic carbocycles. The molecule has 0 bridgehead atoms. The van der Waals surface area contributed by atoms with Crippen molar-refractivity contribution in [2.75, 3.05) is 0 Å². The highest BCUT2D eigenvalue weighted by Crippen LogP contribution is 2.62. The van der Waals surface area contributed by atoms with Gasteiger partial charge in [-0.25, -0.2) is 0 Å². The Labute approximate surface area is 172 Å². The summed E-state index contributed by atoms with van der Waals surface area (Å²) in [6, 6.07) is 10.8. The van der Waals surface area contributed by atoms with Gasteiger partial charge in [-0.1, -0.05) is 63.4 Å². The monoisotopic (exact) mass is 380 g/mol. The van der Waals surface area contributed by atoms with E-state index in [1.807, 2.05) is 0 Å². The Kier molecular flexibility index (Phi) is 5.33. The second-order valence-electron chi connectivity index (χ2n) is 11.1. The van der Waals surface area contributed by atoms with Crippen LogP contribution >= 0.6 is 0 Å². The van der Waals surface area contributed by atoms with Crippen LogP contribution in [0.25, 0.3) is 0 Å². The van der Waals surface area contributed by atoms with E-state index in [0.717, 1.165) is 42.1 Å². The molecule has 0 aromatic heterocycles. The molecule has 4 aliphatic rings. The average Bonchev–Trinajstić information content (AvgIpc) is 2.93. The number of ether oxygens (including phenoxy) is 1. The Hall–Kier alpha value is -0.820. The van der Waals surface area contributed by atoms with E-state index >= 15 is 0 Å². The van der Waals surface area contributed by atoms with E-state index in [9.17, 15) is 0 Å². The summed E-state index contributed by atoms with van der Waals surface area (Å²) in [6.45, 7) is 5.90. The molecular formula is C27H40O. The summed E-state index contributed by atoms with van der Waals surface area (Å²) in [5.41, 5.74) is 1.76. The number of rotatable bonds is 3. The maximum absolute atomic E-state index is 6.59. The van der Waals surface area contributed by atoms with Crippen LogP contribution in [0.1, 0.15) is 83.6 Å². The highest BCUT2D eigenvalue weighted by atomic mass is 16.5. The van der Waals surface area contributed by atoms with Crippen LogP contribution in [0.4, 0.5) is 0 Å². The molecule has 4 saturated carbocycles. The van der Waals surface area contributed by atoms with E-state index in [2.05, 4.69) is 44.2 Å². The fraction of sp³-hybridized carbons (Fsp3) is 0.778. The van der Waals surface area contributed by atoms with Crippen molar-refractivity contribution >= 4 is 0 Å². The zero-order valence-electron chi connectivity index (χ0n) is 18.1. The van der Waals surface area contributed by atoms with Gasteiger partial charge in [0.15, 0.2) is 0 Å². The molecule has 0 saturated heterocycles. The SMILES string of the molecule is C[C@H]1CC[C@H]2[C@@H](CCC[C@@H]3[C@@H]2CC[C@]2(C)[C@@H](OCc4ccccc4)CC[C@@H]32)C1. The van der Waals surface area contributed by atoms with Crippen molar-refractivity contribution in [2.45, 2.75) is 90.8 Å². The molecule has 0 spiro atoms. The first-order valence-corrected chi connectivity index (χ1v) is 12.3. The van der Waals surface area contributed by atoms with Crippen molar-refractivity contribution in [3.63, 3.8) is 0 Å². The third-order valence-corrected chi connectivity index (χ3v) is 9.67. The molecule has 0 heterocycles. The van der Waals surface area contributed by atoms with Gasteiger partial charge in [0.1, 0.15) is 0 Å². The van der Waals surface area contributed by atoms with E-state index in [1.165, 1.54) is 69.8 Å². The summed E-state index contributed by atoms with van der Waals surface area (Å²) in [6.07, 6.45) is 15.2. The van der Waals surface area contributed by atoms with Crippen molar-refractivity contribution in [3.05, 3.63) is 35.9 Å². The van der Waals surface area contributed by atoms with Crippen LogP contribution in [0.2, 0.25) is 0 Å². The minimum Gasteiger partial charge on any atom is -0.373 e. The minimum absolute atomic E-state index is 0.428. The van der Waals surface area contributed by atoms with Crippen molar-refractivity contribution < 1.29 is 4.74 Å². The predicted octanol–water partition coefficient (Wildman–Crippen LogP) is 7.25. The number of hydrogen-bond acceptors (Lipinski definition) is 1. The van der Waals surface area contributed by atoms with Gasteiger partial charge in [-0.05, 0) is 91.4 Å². The van der Waals surface area contributed by atoms with E-state index in [4.69, 9.17) is 4.74 Å². The highest BCUT2D eigenvalue weighted by Gasteiger charge is 2.56. The van der Waals surface area contributed by atoms with Gasteiger partial charge < -0.3 is 4.74 Å². The van der Waals surface area contributed by atoms with Crippen LogP contribution in [0.15, 0.2) is 30.3 Å². The smallest absolute Gasteiger partial charge is 0.0720 e. The molecule has 5 rings (SSSR count). The summed E-state index contributed by atoms with van der Waals surface area (Å²) in [4.78, 5) is 0. The molecule has 0 radical (unpaired) electrons. The molecule has 0 unspecified atom stereocenters. The Morgan fingerprint density at radius 1 is 0.893 bits per heavy atom. The van der Waals surface area contributed by atoms with Crippen molar-refractivity contribution in [1.82, 2.24) is 0 Å². The molecule has 28 heavy (non-hydrogen) atoms. The number of benzene rings is 1. The summed E-state index contributed by atoms with van der Waals surface area (Å²) < 4.78 is 6.59. The van der Waals surface area contributed by atoms with E-state index in [1.54, 1.807) is 0 Å². The summed E-state index contributed by atoms with van der Waals surface area (Å²) >= 11 is 0. The van der Waals surface area contributed by atoms with E-state index < -0.39 is 0 Å². The van der Waals surface area contributed by atoms with Crippen LogP contribution in [0, 0.1) is 40.9 Å². The maximum Gasteiger partial charge on any atom is 0.0720 e. The largest absolute Gasteiger partial charge is 0.373 e. The van der Waals surface area contributed by atoms with Crippen molar-refractivity contribution in [2.24, 2.45) is 40.9 Å². The van der Waals surface area contributed by atoms with Crippen LogP contribution in [0.5, 0.6) is 0 Å². The van der Waals surface area contributed by atoms with Gasteiger partial charge in [0.05, 0.1) is 12.7 Å². The lowest BCUT2D eigenvalue weighted by atomic mass is 9.54. The standard InChI is InChI=1S/C27H40O/c1-19-11-12-22-21(17-19)9-6-10-24-23(22)15-16-27(2)25(24)13-14-26(27)28-18-20-7-4-3-5-8-20/h3-5,7-8,19,21-26H,6,9-18H2,1-2H3/t19-,21-,22-,23+,24+,25-,26-,27-/m0/s1. The van der Waals surface area contributed by atoms with Crippen molar-refractivity contribution in [3.8, 4) is 0 Å². The van der Waals surface area contributed by atoms with Gasteiger partial charge in [0, 0.05) is 0 Å².